The first-order valence-electron chi connectivity index (χ1n) is 4.13. The predicted molar refractivity (Wildman–Crippen MR) is 45.7 cm³/mol. The van der Waals surface area contributed by atoms with E-state index in [0.717, 1.165) is 0 Å². The predicted octanol–water partition coefficient (Wildman–Crippen LogP) is 1.28. The number of pyridine rings is 1. The zero-order valence-corrected chi connectivity index (χ0v) is 8.08. The summed E-state index contributed by atoms with van der Waals surface area (Å²) in [6.45, 7) is -0.462. The number of aromatic nitrogens is 1. The van der Waals surface area contributed by atoms with Crippen molar-refractivity contribution in [3.63, 3.8) is 0 Å². The van der Waals surface area contributed by atoms with E-state index in [1.807, 2.05) is 0 Å². The topological polar surface area (TPSA) is 85.4 Å². The number of carboxylic acid groups (broad SMARTS) is 1. The fraction of sp³-hybridized carbons (Fsp3) is 0.250. The second-order valence-electron chi connectivity index (χ2n) is 2.83. The number of halogens is 4. The van der Waals surface area contributed by atoms with E-state index in [0.29, 0.717) is 6.07 Å². The smallest absolute Gasteiger partial charge is 0.478 e. The molecule has 1 aromatic rings. The lowest BCUT2D eigenvalue weighted by atomic mass is 10.2. The number of hydrogen-bond donors (Lipinski definition) is 2. The van der Waals surface area contributed by atoms with Crippen molar-refractivity contribution in [3.8, 4) is 5.88 Å². The molecule has 1 aromatic heterocycles. The van der Waals surface area contributed by atoms with Gasteiger partial charge in [0.2, 0.25) is 0 Å². The van der Waals surface area contributed by atoms with Crippen LogP contribution in [0.4, 0.5) is 17.6 Å². The minimum Gasteiger partial charge on any atom is -0.478 e. The molecule has 0 bridgehead atoms. The summed E-state index contributed by atoms with van der Waals surface area (Å²) in [7, 11) is 0. The van der Waals surface area contributed by atoms with Crippen LogP contribution in [0.5, 0.6) is 5.88 Å². The highest BCUT2D eigenvalue weighted by molar-refractivity contribution is 5.88. The fourth-order valence-corrected chi connectivity index (χ4v) is 1.03. The molecule has 94 valence electrons. The highest BCUT2D eigenvalue weighted by atomic mass is 19.4. The number of ether oxygens (including phenoxy) is 1. The van der Waals surface area contributed by atoms with Crippen LogP contribution in [0.3, 0.4) is 0 Å². The van der Waals surface area contributed by atoms with Crippen LogP contribution in [-0.2, 0) is 6.54 Å². The van der Waals surface area contributed by atoms with Gasteiger partial charge < -0.3 is 15.6 Å². The highest BCUT2D eigenvalue weighted by Gasteiger charge is 2.34. The summed E-state index contributed by atoms with van der Waals surface area (Å²) < 4.78 is 51.9. The van der Waals surface area contributed by atoms with E-state index in [4.69, 9.17) is 10.8 Å². The number of carbonyl (C=O) groups is 1. The van der Waals surface area contributed by atoms with Gasteiger partial charge in [-0.25, -0.2) is 14.2 Å². The van der Waals surface area contributed by atoms with Crippen molar-refractivity contribution in [3.05, 3.63) is 23.1 Å². The zero-order chi connectivity index (χ0) is 13.2. The number of carboxylic acids is 1. The van der Waals surface area contributed by atoms with E-state index < -0.39 is 41.8 Å². The number of alkyl halides is 3. The number of hydrogen-bond acceptors (Lipinski definition) is 4. The average Bonchev–Trinajstić information content (AvgIpc) is 2.18. The standard InChI is InChI=1S/C8H6F4N2O3/c9-4-1-3(7(15)16)5(2-13)14-6(4)17-8(10,11)12/h1H,2,13H2,(H,15,16). The molecule has 0 saturated heterocycles. The summed E-state index contributed by atoms with van der Waals surface area (Å²) in [5.74, 6) is -4.43. The lowest BCUT2D eigenvalue weighted by Crippen LogP contribution is -2.20. The van der Waals surface area contributed by atoms with Crippen molar-refractivity contribution in [1.29, 1.82) is 0 Å². The minimum absolute atomic E-state index is 0.374. The van der Waals surface area contributed by atoms with Crippen molar-refractivity contribution in [1.82, 2.24) is 4.98 Å². The SMILES string of the molecule is NCc1nc(OC(F)(F)F)c(F)cc1C(=O)O. The summed E-state index contributed by atoms with van der Waals surface area (Å²) in [5.41, 5.74) is 4.07. The Hall–Kier alpha value is -1.90. The van der Waals surface area contributed by atoms with Gasteiger partial charge in [-0.3, -0.25) is 0 Å². The quantitative estimate of drug-likeness (QED) is 0.793. The molecule has 3 N–H and O–H groups in total. The largest absolute Gasteiger partial charge is 0.574 e. The Labute approximate surface area is 91.8 Å². The summed E-state index contributed by atoms with van der Waals surface area (Å²) in [5, 5.41) is 8.62. The minimum atomic E-state index is -5.12. The average molecular weight is 254 g/mol. The van der Waals surface area contributed by atoms with Gasteiger partial charge in [-0.2, -0.15) is 0 Å². The van der Waals surface area contributed by atoms with Gasteiger partial charge in [0.1, 0.15) is 0 Å². The molecular formula is C8H6F4N2O3. The zero-order valence-electron chi connectivity index (χ0n) is 8.08. The Kier molecular flexibility index (Phi) is 3.51. The molecule has 9 heteroatoms. The van der Waals surface area contributed by atoms with Crippen LogP contribution in [0, 0.1) is 5.82 Å². The first-order valence-corrected chi connectivity index (χ1v) is 4.13. The van der Waals surface area contributed by atoms with E-state index in [-0.39, 0.29) is 0 Å². The third kappa shape index (κ3) is 3.28. The molecule has 0 amide bonds. The number of aromatic carboxylic acids is 1. The summed E-state index contributed by atoms with van der Waals surface area (Å²) in [4.78, 5) is 13.7. The normalized spacial score (nSPS) is 11.4. The van der Waals surface area contributed by atoms with Crippen LogP contribution in [0.25, 0.3) is 0 Å². The third-order valence-electron chi connectivity index (χ3n) is 1.66. The second kappa shape index (κ2) is 4.53. The molecule has 0 saturated carbocycles. The van der Waals surface area contributed by atoms with Crippen molar-refractivity contribution in [2.24, 2.45) is 5.73 Å². The van der Waals surface area contributed by atoms with E-state index in [2.05, 4.69) is 9.72 Å². The Morgan fingerprint density at radius 3 is 2.53 bits per heavy atom. The highest BCUT2D eigenvalue weighted by Crippen LogP contribution is 2.25. The van der Waals surface area contributed by atoms with Crippen molar-refractivity contribution in [2.75, 3.05) is 0 Å². The van der Waals surface area contributed by atoms with Crippen LogP contribution in [0.15, 0.2) is 6.07 Å². The number of nitrogens with zero attached hydrogens (tertiary/aromatic N) is 1. The van der Waals surface area contributed by atoms with Crippen molar-refractivity contribution < 1.29 is 32.2 Å². The third-order valence-corrected chi connectivity index (χ3v) is 1.66. The van der Waals surface area contributed by atoms with E-state index in [1.165, 1.54) is 0 Å². The first kappa shape index (κ1) is 13.2. The van der Waals surface area contributed by atoms with Crippen LogP contribution in [-0.4, -0.2) is 22.4 Å². The second-order valence-corrected chi connectivity index (χ2v) is 2.83. The van der Waals surface area contributed by atoms with E-state index >= 15 is 0 Å². The molecule has 0 aromatic carbocycles. The molecule has 0 aliphatic heterocycles. The molecular weight excluding hydrogens is 248 g/mol. The van der Waals surface area contributed by atoms with Gasteiger partial charge in [-0.1, -0.05) is 0 Å². The molecule has 1 heterocycles. The van der Waals surface area contributed by atoms with Gasteiger partial charge in [-0.15, -0.1) is 13.2 Å². The first-order chi connectivity index (χ1) is 7.74. The van der Waals surface area contributed by atoms with Crippen molar-refractivity contribution >= 4 is 5.97 Å². The van der Waals surface area contributed by atoms with Gasteiger partial charge in [0.25, 0.3) is 5.88 Å². The number of rotatable bonds is 3. The van der Waals surface area contributed by atoms with Gasteiger partial charge in [0.15, 0.2) is 5.82 Å². The molecule has 0 spiro atoms. The molecule has 0 unspecified atom stereocenters. The molecule has 17 heavy (non-hydrogen) atoms. The lowest BCUT2D eigenvalue weighted by Gasteiger charge is -2.11. The molecule has 5 nitrogen and oxygen atoms in total. The van der Waals surface area contributed by atoms with Crippen LogP contribution < -0.4 is 10.5 Å². The van der Waals surface area contributed by atoms with Crippen LogP contribution in [0.1, 0.15) is 16.1 Å². The molecule has 0 fully saturated rings. The van der Waals surface area contributed by atoms with E-state index in [1.54, 1.807) is 0 Å². The molecule has 0 radical (unpaired) electrons. The van der Waals surface area contributed by atoms with Crippen LogP contribution >= 0.6 is 0 Å². The van der Waals surface area contributed by atoms with Gasteiger partial charge in [0, 0.05) is 6.54 Å². The summed E-state index contributed by atoms with van der Waals surface area (Å²) >= 11 is 0. The molecule has 1 rings (SSSR count). The van der Waals surface area contributed by atoms with E-state index in [9.17, 15) is 22.4 Å². The Morgan fingerprint density at radius 1 is 1.53 bits per heavy atom. The molecule has 0 atom stereocenters. The number of nitrogens with two attached hydrogens (primary N) is 1. The fourth-order valence-electron chi connectivity index (χ4n) is 1.03. The Balaban J connectivity index is 3.23. The maximum atomic E-state index is 13.1. The summed E-state index contributed by atoms with van der Waals surface area (Å²) in [6.07, 6.45) is -5.12. The maximum absolute atomic E-state index is 13.1. The van der Waals surface area contributed by atoms with Gasteiger partial charge in [-0.05, 0) is 6.07 Å². The monoisotopic (exact) mass is 254 g/mol. The maximum Gasteiger partial charge on any atom is 0.574 e. The van der Waals surface area contributed by atoms with Crippen LogP contribution in [0.2, 0.25) is 0 Å². The Morgan fingerprint density at radius 2 is 2.12 bits per heavy atom. The molecule has 0 aliphatic rings. The van der Waals surface area contributed by atoms with Gasteiger partial charge in [0.05, 0.1) is 11.3 Å². The van der Waals surface area contributed by atoms with Gasteiger partial charge >= 0.3 is 12.3 Å². The van der Waals surface area contributed by atoms with Crippen molar-refractivity contribution in [2.45, 2.75) is 12.9 Å². The Bertz CT molecular complexity index is 447. The lowest BCUT2D eigenvalue weighted by molar-refractivity contribution is -0.277. The molecule has 0 aliphatic carbocycles. The summed E-state index contributed by atoms with van der Waals surface area (Å²) in [6, 6.07) is 0.374.